The fraction of sp³-hybridized carbons (Fsp3) is 0.286. The lowest BCUT2D eigenvalue weighted by Gasteiger charge is -2.29. The molecule has 0 aliphatic carbocycles. The van der Waals surface area contributed by atoms with Gasteiger partial charge < -0.3 is 10.2 Å². The zero-order valence-electron chi connectivity index (χ0n) is 15.4. The third-order valence-corrected chi connectivity index (χ3v) is 5.89. The zero-order valence-corrected chi connectivity index (χ0v) is 16.2. The molecule has 1 aliphatic heterocycles. The largest absolute Gasteiger partial charge is 0.350 e. The van der Waals surface area contributed by atoms with Gasteiger partial charge in [-0.2, -0.15) is 0 Å². The molecule has 0 radical (unpaired) electrons. The van der Waals surface area contributed by atoms with Gasteiger partial charge in [-0.05, 0) is 31.5 Å². The molecule has 27 heavy (non-hydrogen) atoms. The van der Waals surface area contributed by atoms with Gasteiger partial charge in [0.25, 0.3) is 0 Å². The van der Waals surface area contributed by atoms with Gasteiger partial charge in [0.2, 0.25) is 5.91 Å². The number of anilines is 1. The molecule has 1 N–H and O–H groups in total. The third kappa shape index (κ3) is 3.57. The highest BCUT2D eigenvalue weighted by molar-refractivity contribution is 7.19. The molecule has 0 saturated carbocycles. The van der Waals surface area contributed by atoms with Crippen molar-refractivity contribution in [1.29, 1.82) is 0 Å². The Kier molecular flexibility index (Phi) is 4.90. The number of rotatable bonds is 5. The van der Waals surface area contributed by atoms with Crippen molar-refractivity contribution >= 4 is 22.2 Å². The lowest BCUT2D eigenvalue weighted by atomic mass is 10.1. The molecule has 0 saturated heterocycles. The van der Waals surface area contributed by atoms with Gasteiger partial charge in [0, 0.05) is 37.0 Å². The van der Waals surface area contributed by atoms with Crippen molar-refractivity contribution in [2.45, 2.75) is 38.9 Å². The first kappa shape index (κ1) is 17.7. The molecule has 3 aromatic rings. The second kappa shape index (κ2) is 7.48. The van der Waals surface area contributed by atoms with Crippen LogP contribution in [0.3, 0.4) is 0 Å². The van der Waals surface area contributed by atoms with E-state index in [1.54, 1.807) is 23.7 Å². The Labute approximate surface area is 163 Å². The minimum Gasteiger partial charge on any atom is -0.350 e. The van der Waals surface area contributed by atoms with Gasteiger partial charge >= 0.3 is 0 Å². The van der Waals surface area contributed by atoms with E-state index in [1.165, 1.54) is 0 Å². The van der Waals surface area contributed by atoms with E-state index in [2.05, 4.69) is 41.2 Å². The van der Waals surface area contributed by atoms with E-state index < -0.39 is 0 Å². The molecular formula is C21H22N4OS. The van der Waals surface area contributed by atoms with Crippen LogP contribution in [0.15, 0.2) is 54.9 Å². The average Bonchev–Trinajstić information content (AvgIpc) is 3.25. The number of hydrogen-bond acceptors (Lipinski definition) is 5. The highest BCUT2D eigenvalue weighted by atomic mass is 32.1. The van der Waals surface area contributed by atoms with Crippen molar-refractivity contribution in [3.05, 3.63) is 66.1 Å². The average molecular weight is 379 g/mol. The summed E-state index contributed by atoms with van der Waals surface area (Å²) < 4.78 is 0. The molecule has 0 unspecified atom stereocenters. The standard InChI is InChI=1S/C21H22N4OS/c1-14(2)25-18(19(26)23-13-15-8-10-22-11-9-15)12-17-21(25)27-20(24-17)16-6-4-3-5-7-16/h3-11,14,18H,12-13H2,1-2H3,(H,23,26)/t18-/m1/s1. The first-order valence-corrected chi connectivity index (χ1v) is 9.95. The number of benzene rings is 1. The molecule has 3 heterocycles. The Morgan fingerprint density at radius 1 is 1.22 bits per heavy atom. The van der Waals surface area contributed by atoms with Gasteiger partial charge in [0.1, 0.15) is 16.1 Å². The molecule has 2 aromatic heterocycles. The quantitative estimate of drug-likeness (QED) is 0.736. The van der Waals surface area contributed by atoms with Gasteiger partial charge in [0.15, 0.2) is 0 Å². The SMILES string of the molecule is CC(C)N1c2sc(-c3ccccc3)nc2C[C@@H]1C(=O)NCc1ccncc1. The molecule has 1 aliphatic rings. The minimum absolute atomic E-state index is 0.0481. The smallest absolute Gasteiger partial charge is 0.243 e. The summed E-state index contributed by atoms with van der Waals surface area (Å²) in [5, 5.41) is 5.20. The molecule has 0 fully saturated rings. The lowest BCUT2D eigenvalue weighted by molar-refractivity contribution is -0.122. The number of nitrogens with one attached hydrogen (secondary N) is 1. The summed E-state index contributed by atoms with van der Waals surface area (Å²) in [4.78, 5) is 23.9. The summed E-state index contributed by atoms with van der Waals surface area (Å²) in [7, 11) is 0. The highest BCUT2D eigenvalue weighted by Gasteiger charge is 2.38. The third-order valence-electron chi connectivity index (χ3n) is 4.73. The van der Waals surface area contributed by atoms with Crippen LogP contribution in [0, 0.1) is 0 Å². The van der Waals surface area contributed by atoms with Crippen molar-refractivity contribution in [2.24, 2.45) is 0 Å². The van der Waals surface area contributed by atoms with Crippen molar-refractivity contribution in [1.82, 2.24) is 15.3 Å². The summed E-state index contributed by atoms with van der Waals surface area (Å²) in [6.07, 6.45) is 4.13. The maximum Gasteiger partial charge on any atom is 0.243 e. The van der Waals surface area contributed by atoms with Crippen molar-refractivity contribution in [3.63, 3.8) is 0 Å². The Bertz CT molecular complexity index is 924. The fourth-order valence-corrected chi connectivity index (χ4v) is 4.71. The van der Waals surface area contributed by atoms with E-state index in [1.807, 2.05) is 30.3 Å². The summed E-state index contributed by atoms with van der Waals surface area (Å²) in [5.41, 5.74) is 3.20. The predicted octanol–water partition coefficient (Wildman–Crippen LogP) is 3.66. The van der Waals surface area contributed by atoms with Crippen LogP contribution in [0.2, 0.25) is 0 Å². The number of nitrogens with zero attached hydrogens (tertiary/aromatic N) is 3. The van der Waals surface area contributed by atoms with Crippen LogP contribution in [0.4, 0.5) is 5.00 Å². The monoisotopic (exact) mass is 378 g/mol. The van der Waals surface area contributed by atoms with Crippen LogP contribution in [0.1, 0.15) is 25.1 Å². The van der Waals surface area contributed by atoms with Crippen molar-refractivity contribution < 1.29 is 4.79 Å². The van der Waals surface area contributed by atoms with Crippen molar-refractivity contribution in [2.75, 3.05) is 4.90 Å². The number of thiazole rings is 1. The van der Waals surface area contributed by atoms with E-state index in [0.717, 1.165) is 26.8 Å². The molecule has 138 valence electrons. The number of aromatic nitrogens is 2. The Morgan fingerprint density at radius 3 is 2.67 bits per heavy atom. The van der Waals surface area contributed by atoms with Crippen molar-refractivity contribution in [3.8, 4) is 10.6 Å². The Hall–Kier alpha value is -2.73. The van der Waals surface area contributed by atoms with Crippen LogP contribution in [-0.2, 0) is 17.8 Å². The molecule has 1 aromatic carbocycles. The maximum absolute atomic E-state index is 12.9. The molecule has 5 nitrogen and oxygen atoms in total. The van der Waals surface area contributed by atoms with Gasteiger partial charge in [0.05, 0.1) is 5.69 Å². The molecule has 0 spiro atoms. The molecule has 1 amide bonds. The number of amides is 1. The Morgan fingerprint density at radius 2 is 1.96 bits per heavy atom. The molecule has 4 rings (SSSR count). The normalized spacial score (nSPS) is 15.8. The van der Waals surface area contributed by atoms with Crippen LogP contribution >= 0.6 is 11.3 Å². The molecule has 0 bridgehead atoms. The lowest BCUT2D eigenvalue weighted by Crippen LogP contribution is -2.48. The number of pyridine rings is 1. The molecule has 1 atom stereocenters. The predicted molar refractivity (Wildman–Crippen MR) is 109 cm³/mol. The molecule has 6 heteroatoms. The maximum atomic E-state index is 12.9. The fourth-order valence-electron chi connectivity index (χ4n) is 3.43. The number of hydrogen-bond donors (Lipinski definition) is 1. The van der Waals surface area contributed by atoms with Crippen LogP contribution in [0.25, 0.3) is 10.6 Å². The first-order chi connectivity index (χ1) is 13.1. The summed E-state index contributed by atoms with van der Waals surface area (Å²) in [6.45, 7) is 4.76. The summed E-state index contributed by atoms with van der Waals surface area (Å²) in [5.74, 6) is 0.0481. The van der Waals surface area contributed by atoms with E-state index in [9.17, 15) is 4.79 Å². The second-order valence-corrected chi connectivity index (χ2v) is 7.91. The van der Waals surface area contributed by atoms with E-state index in [-0.39, 0.29) is 18.0 Å². The highest BCUT2D eigenvalue weighted by Crippen LogP contribution is 2.42. The van der Waals surface area contributed by atoms with Gasteiger partial charge in [-0.3, -0.25) is 9.78 Å². The Balaban J connectivity index is 1.52. The molecular weight excluding hydrogens is 356 g/mol. The topological polar surface area (TPSA) is 58.1 Å². The minimum atomic E-state index is -0.203. The van der Waals surface area contributed by atoms with Gasteiger partial charge in [-0.15, -0.1) is 0 Å². The number of carbonyl (C=O) groups is 1. The summed E-state index contributed by atoms with van der Waals surface area (Å²) in [6, 6.07) is 14.1. The van der Waals surface area contributed by atoms with Gasteiger partial charge in [-0.1, -0.05) is 41.7 Å². The summed E-state index contributed by atoms with van der Waals surface area (Å²) >= 11 is 1.67. The number of fused-ring (bicyclic) bond motifs is 1. The second-order valence-electron chi connectivity index (χ2n) is 6.93. The van der Waals surface area contributed by atoms with Gasteiger partial charge in [-0.25, -0.2) is 4.98 Å². The van der Waals surface area contributed by atoms with E-state index in [0.29, 0.717) is 13.0 Å². The van der Waals surface area contributed by atoms with E-state index >= 15 is 0 Å². The first-order valence-electron chi connectivity index (χ1n) is 9.13. The zero-order chi connectivity index (χ0) is 18.8. The van der Waals surface area contributed by atoms with E-state index in [4.69, 9.17) is 4.98 Å². The number of carbonyl (C=O) groups excluding carboxylic acids is 1. The van der Waals surface area contributed by atoms with Crippen LogP contribution < -0.4 is 10.2 Å². The van der Waals surface area contributed by atoms with Crippen LogP contribution in [-0.4, -0.2) is 28.0 Å². The van der Waals surface area contributed by atoms with Crippen LogP contribution in [0.5, 0.6) is 0 Å².